The molecule has 2 aliphatic rings. The minimum Gasteiger partial charge on any atom is -0.504 e. The summed E-state index contributed by atoms with van der Waals surface area (Å²) in [5, 5.41) is 26.5. The van der Waals surface area contributed by atoms with Gasteiger partial charge in [0.1, 0.15) is 18.7 Å². The van der Waals surface area contributed by atoms with Gasteiger partial charge in [0.05, 0.1) is 28.6 Å². The number of anilines is 1. The fourth-order valence-corrected chi connectivity index (χ4v) is 7.68. The number of hydrogen-bond donors (Lipinski definition) is 3. The van der Waals surface area contributed by atoms with Crippen molar-refractivity contribution in [3.63, 3.8) is 0 Å². The second kappa shape index (κ2) is 13.2. The smallest absolute Gasteiger partial charge is 0.416 e. The molecule has 1 aliphatic carbocycles. The van der Waals surface area contributed by atoms with Crippen molar-refractivity contribution >= 4 is 34.9 Å². The van der Waals surface area contributed by atoms with Crippen molar-refractivity contribution < 1.29 is 37.4 Å². The van der Waals surface area contributed by atoms with Crippen LogP contribution in [0.1, 0.15) is 70.7 Å². The number of carbonyl (C=O) groups is 2. The second-order valence-corrected chi connectivity index (χ2v) is 13.7. The lowest BCUT2D eigenvalue weighted by atomic mass is 9.73. The van der Waals surface area contributed by atoms with Crippen molar-refractivity contribution in [2.24, 2.45) is 0 Å². The van der Waals surface area contributed by atoms with Crippen LogP contribution in [0.25, 0.3) is 17.2 Å². The van der Waals surface area contributed by atoms with E-state index >= 15 is 0 Å². The number of nitrogens with one attached hydrogen (secondary N) is 1. The summed E-state index contributed by atoms with van der Waals surface area (Å²) >= 11 is 6.12. The van der Waals surface area contributed by atoms with Crippen molar-refractivity contribution in [1.29, 1.82) is 0 Å². The number of aliphatic hydroxyl groups excluding tert-OH is 1. The van der Waals surface area contributed by atoms with Crippen LogP contribution in [0, 0.1) is 12.7 Å². The molecule has 276 valence electrons. The molecule has 1 saturated heterocycles. The number of piperidine rings is 1. The van der Waals surface area contributed by atoms with Crippen LogP contribution in [0.5, 0.6) is 5.75 Å². The Balaban J connectivity index is 1.29. The van der Waals surface area contributed by atoms with Crippen LogP contribution >= 0.6 is 11.6 Å². The highest BCUT2D eigenvalue weighted by Gasteiger charge is 2.49. The first-order valence-electron chi connectivity index (χ1n) is 16.5. The van der Waals surface area contributed by atoms with Crippen LogP contribution in [0.15, 0.2) is 47.5 Å². The van der Waals surface area contributed by atoms with E-state index in [2.05, 4.69) is 25.4 Å². The molecule has 0 bridgehead atoms. The minimum absolute atomic E-state index is 0.0313. The standard InChI is InChI=1S/C35H31ClF4N8O5/c1-17-13-34(7-9-46(10-8-34)32(53)27-29(51)18(2)41-16-42-27)26-28(17)47(14-25(50)43-24-6-5-21(12-22(24)36)35(38,39)40)33-44-30(45-48(33)31(26)52)19-3-4-20(15-49)23(37)11-19/h3-6,11-12,16-17,49,51H,7-10,13-15H2,1-2H3,(H,43,50). The first-order chi connectivity index (χ1) is 25.1. The molecule has 0 radical (unpaired) electrons. The molecule has 1 fully saturated rings. The van der Waals surface area contributed by atoms with Crippen LogP contribution < -0.4 is 10.9 Å². The third-order valence-electron chi connectivity index (χ3n) is 10.0. The van der Waals surface area contributed by atoms with Gasteiger partial charge in [0.2, 0.25) is 11.7 Å². The number of likely N-dealkylation sites (tertiary alicyclic amines) is 1. The van der Waals surface area contributed by atoms with Gasteiger partial charge in [0.15, 0.2) is 17.3 Å². The lowest BCUT2D eigenvalue weighted by molar-refractivity contribution is -0.137. The number of hydrogen-bond acceptors (Lipinski definition) is 9. The molecule has 1 atom stereocenters. The maximum Gasteiger partial charge on any atom is 0.416 e. The van der Waals surface area contributed by atoms with Crippen LogP contribution in [-0.2, 0) is 29.5 Å². The van der Waals surface area contributed by atoms with Gasteiger partial charge in [-0.3, -0.25) is 14.4 Å². The van der Waals surface area contributed by atoms with Crippen LogP contribution in [0.4, 0.5) is 23.2 Å². The highest BCUT2D eigenvalue weighted by atomic mass is 35.5. The predicted molar refractivity (Wildman–Crippen MR) is 182 cm³/mol. The van der Waals surface area contributed by atoms with Gasteiger partial charge < -0.3 is 25.0 Å². The summed E-state index contributed by atoms with van der Waals surface area (Å²) in [4.78, 5) is 55.4. The molecule has 1 aliphatic heterocycles. The number of carbonyl (C=O) groups excluding carboxylic acids is 2. The number of aromatic nitrogens is 6. The van der Waals surface area contributed by atoms with E-state index in [1.165, 1.54) is 23.0 Å². The molecular formula is C35H31ClF4N8O5. The SMILES string of the molecule is Cc1ncnc(C(=O)N2CCC3(CC2)CC(C)c2c3c(=O)n3nc(-c4ccc(CO)c(F)c4)nc3n2CC(=O)Nc2ccc(C(F)(F)F)cc2Cl)c1O. The van der Waals surface area contributed by atoms with Gasteiger partial charge in [-0.2, -0.15) is 22.7 Å². The van der Waals surface area contributed by atoms with E-state index in [9.17, 15) is 42.2 Å². The minimum atomic E-state index is -4.65. The van der Waals surface area contributed by atoms with E-state index in [4.69, 9.17) is 11.6 Å². The summed E-state index contributed by atoms with van der Waals surface area (Å²) in [6.07, 6.45) is -2.26. The van der Waals surface area contributed by atoms with Gasteiger partial charge in [-0.1, -0.05) is 30.7 Å². The van der Waals surface area contributed by atoms with Crippen molar-refractivity contribution in [3.05, 3.63) is 97.7 Å². The number of aromatic hydroxyl groups is 1. The Hall–Kier alpha value is -5.42. The van der Waals surface area contributed by atoms with E-state index in [0.717, 1.165) is 22.7 Å². The molecule has 3 N–H and O–H groups in total. The average Bonchev–Trinajstić information content (AvgIpc) is 3.68. The van der Waals surface area contributed by atoms with Gasteiger partial charge in [0.25, 0.3) is 11.5 Å². The number of amides is 2. The van der Waals surface area contributed by atoms with E-state index < -0.39 is 53.5 Å². The zero-order valence-corrected chi connectivity index (χ0v) is 29.0. The van der Waals surface area contributed by atoms with Crippen molar-refractivity contribution in [2.75, 3.05) is 18.4 Å². The molecule has 2 amide bonds. The molecule has 3 aromatic heterocycles. The van der Waals surface area contributed by atoms with E-state index in [1.807, 2.05) is 6.92 Å². The molecule has 4 heterocycles. The van der Waals surface area contributed by atoms with E-state index in [0.29, 0.717) is 36.6 Å². The summed E-state index contributed by atoms with van der Waals surface area (Å²) < 4.78 is 57.0. The molecule has 2 aromatic carbocycles. The van der Waals surface area contributed by atoms with Crippen LogP contribution in [-0.4, -0.2) is 69.1 Å². The second-order valence-electron chi connectivity index (χ2n) is 13.3. The molecule has 18 heteroatoms. The van der Waals surface area contributed by atoms with E-state index in [1.54, 1.807) is 11.8 Å². The maximum atomic E-state index is 14.7. The van der Waals surface area contributed by atoms with Gasteiger partial charge in [-0.25, -0.2) is 14.4 Å². The summed E-state index contributed by atoms with van der Waals surface area (Å²) in [6, 6.07) is 6.50. The predicted octanol–water partition coefficient (Wildman–Crippen LogP) is 4.99. The number of aryl methyl sites for hydroxylation is 1. The fourth-order valence-electron chi connectivity index (χ4n) is 7.45. The largest absolute Gasteiger partial charge is 0.504 e. The number of fused-ring (bicyclic) bond motifs is 3. The number of alkyl halides is 3. The Morgan fingerprint density at radius 3 is 2.51 bits per heavy atom. The first kappa shape index (κ1) is 36.0. The molecule has 13 nitrogen and oxygen atoms in total. The highest BCUT2D eigenvalue weighted by Crippen LogP contribution is 2.50. The molecule has 53 heavy (non-hydrogen) atoms. The quantitative estimate of drug-likeness (QED) is 0.203. The zero-order chi connectivity index (χ0) is 38.0. The van der Waals surface area contributed by atoms with Gasteiger partial charge in [-0.15, -0.1) is 5.10 Å². The Morgan fingerprint density at radius 1 is 1.11 bits per heavy atom. The Bertz CT molecular complexity index is 2370. The highest BCUT2D eigenvalue weighted by molar-refractivity contribution is 6.33. The van der Waals surface area contributed by atoms with Gasteiger partial charge >= 0.3 is 6.18 Å². The summed E-state index contributed by atoms with van der Waals surface area (Å²) in [5.41, 5.74) is -1.06. The van der Waals surface area contributed by atoms with Crippen LogP contribution in [0.2, 0.25) is 5.02 Å². The maximum absolute atomic E-state index is 14.7. The number of benzene rings is 2. The number of rotatable bonds is 6. The molecule has 1 spiro atoms. The van der Waals surface area contributed by atoms with Crippen LogP contribution in [0.3, 0.4) is 0 Å². The monoisotopic (exact) mass is 754 g/mol. The third-order valence-corrected chi connectivity index (χ3v) is 10.4. The molecule has 7 rings (SSSR count). The number of nitrogens with zero attached hydrogens (tertiary/aromatic N) is 7. The van der Waals surface area contributed by atoms with Gasteiger partial charge in [-0.05, 0) is 56.4 Å². The first-order valence-corrected chi connectivity index (χ1v) is 16.9. The normalized spacial score (nSPS) is 16.7. The van der Waals surface area contributed by atoms with E-state index in [-0.39, 0.29) is 69.6 Å². The lowest BCUT2D eigenvalue weighted by Crippen LogP contribution is -2.46. The summed E-state index contributed by atoms with van der Waals surface area (Å²) in [7, 11) is 0. The summed E-state index contributed by atoms with van der Waals surface area (Å²) in [5.74, 6) is -2.56. The fraction of sp³-hybridized carbons (Fsp3) is 0.343. The number of aliphatic hydroxyl groups is 1. The Labute approximate surface area is 302 Å². The Kier molecular flexibility index (Phi) is 8.96. The van der Waals surface area contributed by atoms with Crippen molar-refractivity contribution in [2.45, 2.75) is 63.8 Å². The number of halogens is 5. The summed E-state index contributed by atoms with van der Waals surface area (Å²) in [6.45, 7) is 2.90. The average molecular weight is 755 g/mol. The van der Waals surface area contributed by atoms with Crippen molar-refractivity contribution in [3.8, 4) is 17.1 Å². The lowest BCUT2D eigenvalue weighted by Gasteiger charge is -2.39. The zero-order valence-electron chi connectivity index (χ0n) is 28.2. The van der Waals surface area contributed by atoms with Gasteiger partial charge in [0, 0.05) is 40.9 Å². The molecular weight excluding hydrogens is 724 g/mol. The Morgan fingerprint density at radius 2 is 1.85 bits per heavy atom. The third kappa shape index (κ3) is 6.26. The van der Waals surface area contributed by atoms with Crippen molar-refractivity contribution in [1.82, 2.24) is 34.0 Å². The molecule has 5 aromatic rings. The molecule has 0 saturated carbocycles. The molecule has 1 unspecified atom stereocenters. The topological polar surface area (TPSA) is 168 Å².